The fourth-order valence-corrected chi connectivity index (χ4v) is 1.93. The number of carboxylic acids is 1. The summed E-state index contributed by atoms with van der Waals surface area (Å²) >= 11 is 0. The summed E-state index contributed by atoms with van der Waals surface area (Å²) in [6.45, 7) is 2.49. The number of benzene rings is 1. The van der Waals surface area contributed by atoms with Crippen LogP contribution in [0.1, 0.15) is 35.7 Å². The molecule has 0 heterocycles. The van der Waals surface area contributed by atoms with Gasteiger partial charge in [-0.1, -0.05) is 12.1 Å². The zero-order valence-electron chi connectivity index (χ0n) is 11.8. The number of nitrogens with one attached hydrogen (secondary N) is 1. The van der Waals surface area contributed by atoms with E-state index in [0.717, 1.165) is 18.4 Å². The van der Waals surface area contributed by atoms with Gasteiger partial charge in [-0.2, -0.15) is 0 Å². The zero-order valence-corrected chi connectivity index (χ0v) is 11.8. The lowest BCUT2D eigenvalue weighted by atomic mass is 10.1. The number of hydrogen-bond acceptors (Lipinski definition) is 3. The van der Waals surface area contributed by atoms with Crippen molar-refractivity contribution in [3.05, 3.63) is 35.4 Å². The molecule has 2 rings (SSSR count). The molecule has 1 saturated carbocycles. The maximum atomic E-state index is 11.9. The number of carbonyl (C=O) groups is 2. The Hall–Kier alpha value is -1.88. The van der Waals surface area contributed by atoms with Crippen molar-refractivity contribution in [1.82, 2.24) is 10.2 Å². The van der Waals surface area contributed by atoms with Crippen LogP contribution in [0.25, 0.3) is 0 Å². The zero-order chi connectivity index (χ0) is 14.7. The molecule has 2 N–H and O–H groups in total. The summed E-state index contributed by atoms with van der Waals surface area (Å²) in [5, 5.41) is 11.8. The van der Waals surface area contributed by atoms with Crippen LogP contribution in [0.4, 0.5) is 0 Å². The molecule has 0 aromatic heterocycles. The first-order chi connectivity index (χ1) is 9.47. The molecule has 5 heteroatoms. The van der Waals surface area contributed by atoms with Gasteiger partial charge in [-0.05, 0) is 44.5 Å². The Bertz CT molecular complexity index is 494. The summed E-state index contributed by atoms with van der Waals surface area (Å²) in [7, 11) is 1.89. The molecule has 5 nitrogen and oxygen atoms in total. The minimum absolute atomic E-state index is 0.0529. The minimum atomic E-state index is -0.929. The van der Waals surface area contributed by atoms with E-state index in [4.69, 9.17) is 5.11 Å². The molecule has 1 fully saturated rings. The number of carbonyl (C=O) groups excluding carboxylic acids is 1. The van der Waals surface area contributed by atoms with Gasteiger partial charge in [-0.3, -0.25) is 9.69 Å². The molecule has 20 heavy (non-hydrogen) atoms. The summed E-state index contributed by atoms with van der Waals surface area (Å²) in [5.41, 5.74) is 1.26. The highest BCUT2D eigenvalue weighted by atomic mass is 16.4. The lowest BCUT2D eigenvalue weighted by Crippen LogP contribution is -2.43. The average molecular weight is 276 g/mol. The molecule has 1 amide bonds. The molecule has 108 valence electrons. The van der Waals surface area contributed by atoms with Crippen LogP contribution < -0.4 is 5.32 Å². The van der Waals surface area contributed by atoms with Crippen molar-refractivity contribution < 1.29 is 14.7 Å². The molecular weight excluding hydrogens is 256 g/mol. The standard InChI is InChI=1S/C15H20N2O3/c1-10(14(18)16-13-7-8-13)17(2)9-11-3-5-12(6-4-11)15(19)20/h3-6,10,13H,7-9H2,1-2H3,(H,16,18)(H,19,20). The van der Waals surface area contributed by atoms with E-state index in [9.17, 15) is 9.59 Å². The predicted octanol–water partition coefficient (Wildman–Crippen LogP) is 1.48. The first-order valence-electron chi connectivity index (χ1n) is 6.80. The van der Waals surface area contributed by atoms with Gasteiger partial charge in [0.15, 0.2) is 0 Å². The van der Waals surface area contributed by atoms with Gasteiger partial charge in [-0.15, -0.1) is 0 Å². The van der Waals surface area contributed by atoms with Crippen molar-refractivity contribution in [2.45, 2.75) is 38.4 Å². The van der Waals surface area contributed by atoms with Crippen LogP contribution in [0, 0.1) is 0 Å². The van der Waals surface area contributed by atoms with Crippen molar-refractivity contribution in [3.63, 3.8) is 0 Å². The number of hydrogen-bond donors (Lipinski definition) is 2. The summed E-state index contributed by atoms with van der Waals surface area (Å²) in [4.78, 5) is 24.7. The maximum absolute atomic E-state index is 11.9. The summed E-state index contributed by atoms with van der Waals surface area (Å²) in [5.74, 6) is -0.876. The number of nitrogens with zero attached hydrogens (tertiary/aromatic N) is 1. The van der Waals surface area contributed by atoms with E-state index in [1.807, 2.05) is 18.9 Å². The highest BCUT2D eigenvalue weighted by Crippen LogP contribution is 2.19. The van der Waals surface area contributed by atoms with E-state index in [-0.39, 0.29) is 17.5 Å². The molecule has 0 aliphatic heterocycles. The van der Waals surface area contributed by atoms with Crippen LogP contribution in [0.3, 0.4) is 0 Å². The van der Waals surface area contributed by atoms with Crippen LogP contribution in [-0.2, 0) is 11.3 Å². The highest BCUT2D eigenvalue weighted by Gasteiger charge is 2.27. The Morgan fingerprint density at radius 3 is 2.45 bits per heavy atom. The second-order valence-corrected chi connectivity index (χ2v) is 5.38. The van der Waals surface area contributed by atoms with Crippen LogP contribution in [0.5, 0.6) is 0 Å². The van der Waals surface area contributed by atoms with Crippen molar-refractivity contribution in [2.75, 3.05) is 7.05 Å². The van der Waals surface area contributed by atoms with Crippen molar-refractivity contribution in [2.24, 2.45) is 0 Å². The molecule has 1 unspecified atom stereocenters. The van der Waals surface area contributed by atoms with E-state index in [2.05, 4.69) is 5.32 Å². The number of aromatic carboxylic acids is 1. The molecule has 1 aromatic rings. The van der Waals surface area contributed by atoms with Gasteiger partial charge >= 0.3 is 5.97 Å². The van der Waals surface area contributed by atoms with Gasteiger partial charge in [0.25, 0.3) is 0 Å². The van der Waals surface area contributed by atoms with Crippen molar-refractivity contribution in [3.8, 4) is 0 Å². The van der Waals surface area contributed by atoms with Gasteiger partial charge in [0.2, 0.25) is 5.91 Å². The molecule has 1 atom stereocenters. The van der Waals surface area contributed by atoms with Gasteiger partial charge < -0.3 is 10.4 Å². The molecule has 0 spiro atoms. The lowest BCUT2D eigenvalue weighted by Gasteiger charge is -2.24. The topological polar surface area (TPSA) is 69.6 Å². The van der Waals surface area contributed by atoms with Crippen LogP contribution >= 0.6 is 0 Å². The van der Waals surface area contributed by atoms with Crippen LogP contribution in [0.15, 0.2) is 24.3 Å². The van der Waals surface area contributed by atoms with Gasteiger partial charge in [0.05, 0.1) is 11.6 Å². The highest BCUT2D eigenvalue weighted by molar-refractivity contribution is 5.87. The lowest BCUT2D eigenvalue weighted by molar-refractivity contribution is -0.125. The second-order valence-electron chi connectivity index (χ2n) is 5.38. The molecule has 1 aliphatic carbocycles. The quantitative estimate of drug-likeness (QED) is 0.826. The molecule has 1 aliphatic rings. The van der Waals surface area contributed by atoms with E-state index < -0.39 is 5.97 Å². The predicted molar refractivity (Wildman–Crippen MR) is 75.5 cm³/mol. The van der Waals surface area contributed by atoms with Crippen molar-refractivity contribution >= 4 is 11.9 Å². The molecule has 0 bridgehead atoms. The third-order valence-corrected chi connectivity index (χ3v) is 3.60. The number of amides is 1. The SMILES string of the molecule is CC(C(=O)NC1CC1)N(C)Cc1ccc(C(=O)O)cc1. The van der Waals surface area contributed by atoms with E-state index in [0.29, 0.717) is 12.6 Å². The van der Waals surface area contributed by atoms with E-state index in [1.165, 1.54) is 0 Å². The third-order valence-electron chi connectivity index (χ3n) is 3.60. The Labute approximate surface area is 118 Å². The Morgan fingerprint density at radius 1 is 1.35 bits per heavy atom. The van der Waals surface area contributed by atoms with Gasteiger partial charge in [0.1, 0.15) is 0 Å². The molecular formula is C15H20N2O3. The summed E-state index contributed by atoms with van der Waals surface area (Å²) < 4.78 is 0. The summed E-state index contributed by atoms with van der Waals surface area (Å²) in [6.07, 6.45) is 2.16. The maximum Gasteiger partial charge on any atom is 0.335 e. The second kappa shape index (κ2) is 6.05. The van der Waals surface area contributed by atoms with E-state index >= 15 is 0 Å². The fourth-order valence-electron chi connectivity index (χ4n) is 1.93. The first-order valence-corrected chi connectivity index (χ1v) is 6.80. The normalized spacial score (nSPS) is 15.9. The molecule has 0 saturated heterocycles. The smallest absolute Gasteiger partial charge is 0.335 e. The minimum Gasteiger partial charge on any atom is -0.478 e. The van der Waals surface area contributed by atoms with E-state index in [1.54, 1.807) is 24.3 Å². The third kappa shape index (κ3) is 3.81. The van der Waals surface area contributed by atoms with Crippen LogP contribution in [-0.4, -0.2) is 41.0 Å². The monoisotopic (exact) mass is 276 g/mol. The largest absolute Gasteiger partial charge is 0.478 e. The number of likely N-dealkylation sites (N-methyl/N-ethyl adjacent to an activating group) is 1. The Balaban J connectivity index is 1.90. The fraction of sp³-hybridized carbons (Fsp3) is 0.467. The van der Waals surface area contributed by atoms with Crippen LogP contribution in [0.2, 0.25) is 0 Å². The van der Waals surface area contributed by atoms with Gasteiger partial charge in [-0.25, -0.2) is 4.79 Å². The molecule has 1 aromatic carbocycles. The molecule has 0 radical (unpaired) electrons. The number of carboxylic acid groups (broad SMARTS) is 1. The average Bonchev–Trinajstić information content (AvgIpc) is 3.22. The Kier molecular flexibility index (Phi) is 4.39. The first kappa shape index (κ1) is 14.5. The van der Waals surface area contributed by atoms with Gasteiger partial charge in [0, 0.05) is 12.6 Å². The van der Waals surface area contributed by atoms with Crippen molar-refractivity contribution in [1.29, 1.82) is 0 Å². The number of rotatable bonds is 6. The summed E-state index contributed by atoms with van der Waals surface area (Å²) in [6, 6.07) is 6.90. The Morgan fingerprint density at radius 2 is 1.95 bits per heavy atom.